The van der Waals surface area contributed by atoms with Crippen molar-refractivity contribution in [2.45, 2.75) is 19.4 Å². The standard InChI is InChI=1S/C14H21N3O.2ClH/c1-11(15)14(18)16-9-12-7-8-17(10-12)13-5-3-2-4-6-13;;/h2-6,11-12H,7-10,15H2,1H3,(H,16,18);2*1H/t11-,12?;;/m1../s1. The molecule has 0 aliphatic carbocycles. The van der Waals surface area contributed by atoms with E-state index in [1.807, 2.05) is 6.07 Å². The molecule has 0 saturated carbocycles. The molecule has 2 atom stereocenters. The van der Waals surface area contributed by atoms with E-state index in [0.717, 1.165) is 26.1 Å². The predicted molar refractivity (Wildman–Crippen MR) is 87.9 cm³/mol. The van der Waals surface area contributed by atoms with Crippen LogP contribution in [-0.2, 0) is 4.79 Å². The lowest BCUT2D eigenvalue weighted by molar-refractivity contribution is -0.122. The third kappa shape index (κ3) is 5.19. The Balaban J connectivity index is 0.00000180. The largest absolute Gasteiger partial charge is 0.371 e. The summed E-state index contributed by atoms with van der Waals surface area (Å²) in [6.07, 6.45) is 1.12. The fourth-order valence-electron chi connectivity index (χ4n) is 2.28. The van der Waals surface area contributed by atoms with Crippen LogP contribution in [0.2, 0.25) is 0 Å². The van der Waals surface area contributed by atoms with E-state index in [0.29, 0.717) is 5.92 Å². The summed E-state index contributed by atoms with van der Waals surface area (Å²) < 4.78 is 0. The number of hydrogen-bond donors (Lipinski definition) is 2. The van der Waals surface area contributed by atoms with Crippen LogP contribution < -0.4 is 16.0 Å². The molecule has 2 rings (SSSR count). The van der Waals surface area contributed by atoms with Crippen LogP contribution in [0.5, 0.6) is 0 Å². The number of para-hydroxylation sites is 1. The number of hydrogen-bond acceptors (Lipinski definition) is 3. The van der Waals surface area contributed by atoms with Crippen molar-refractivity contribution >= 4 is 36.4 Å². The summed E-state index contributed by atoms with van der Waals surface area (Å²) in [5.74, 6) is 0.459. The first-order chi connectivity index (χ1) is 8.66. The number of benzene rings is 1. The molecule has 0 radical (unpaired) electrons. The van der Waals surface area contributed by atoms with Gasteiger partial charge in [-0.25, -0.2) is 0 Å². The second-order valence-corrected chi connectivity index (χ2v) is 4.97. The molecular formula is C14H23Cl2N3O. The maximum Gasteiger partial charge on any atom is 0.236 e. The second-order valence-electron chi connectivity index (χ2n) is 4.97. The van der Waals surface area contributed by atoms with E-state index in [-0.39, 0.29) is 30.7 Å². The monoisotopic (exact) mass is 319 g/mol. The molecule has 114 valence electrons. The Labute approximate surface area is 132 Å². The zero-order chi connectivity index (χ0) is 13.0. The quantitative estimate of drug-likeness (QED) is 0.890. The predicted octanol–water partition coefficient (Wildman–Crippen LogP) is 1.82. The molecule has 1 aliphatic rings. The topological polar surface area (TPSA) is 58.4 Å². The van der Waals surface area contributed by atoms with Gasteiger partial charge in [-0.15, -0.1) is 24.8 Å². The van der Waals surface area contributed by atoms with E-state index in [2.05, 4.69) is 34.5 Å². The number of nitrogens with two attached hydrogens (primary N) is 1. The minimum Gasteiger partial charge on any atom is -0.371 e. The van der Waals surface area contributed by atoms with E-state index >= 15 is 0 Å². The van der Waals surface area contributed by atoms with Crippen molar-refractivity contribution in [1.29, 1.82) is 0 Å². The summed E-state index contributed by atoms with van der Waals surface area (Å²) in [7, 11) is 0. The first-order valence-electron chi connectivity index (χ1n) is 6.50. The lowest BCUT2D eigenvalue weighted by atomic mass is 10.1. The second kappa shape index (κ2) is 9.06. The number of carbonyl (C=O) groups is 1. The molecule has 1 fully saturated rings. The number of halogens is 2. The summed E-state index contributed by atoms with van der Waals surface area (Å²) in [5.41, 5.74) is 6.78. The highest BCUT2D eigenvalue weighted by Crippen LogP contribution is 2.22. The van der Waals surface area contributed by atoms with Crippen molar-refractivity contribution < 1.29 is 4.79 Å². The molecule has 6 heteroatoms. The van der Waals surface area contributed by atoms with Crippen molar-refractivity contribution in [3.63, 3.8) is 0 Å². The third-order valence-electron chi connectivity index (χ3n) is 3.39. The van der Waals surface area contributed by atoms with Gasteiger partial charge in [-0.1, -0.05) is 18.2 Å². The lowest BCUT2D eigenvalue weighted by Crippen LogP contribution is -2.40. The lowest BCUT2D eigenvalue weighted by Gasteiger charge is -2.19. The summed E-state index contributed by atoms with van der Waals surface area (Å²) in [5, 5.41) is 2.91. The van der Waals surface area contributed by atoms with Gasteiger partial charge in [-0.3, -0.25) is 4.79 Å². The molecule has 1 saturated heterocycles. The molecule has 0 aromatic heterocycles. The van der Waals surface area contributed by atoms with Gasteiger partial charge in [0.25, 0.3) is 0 Å². The van der Waals surface area contributed by atoms with Crippen LogP contribution in [0.3, 0.4) is 0 Å². The number of amides is 1. The third-order valence-corrected chi connectivity index (χ3v) is 3.39. The molecular weight excluding hydrogens is 297 g/mol. The van der Waals surface area contributed by atoms with Crippen LogP contribution in [0.4, 0.5) is 5.69 Å². The van der Waals surface area contributed by atoms with Crippen LogP contribution in [-0.4, -0.2) is 31.6 Å². The van der Waals surface area contributed by atoms with Crippen LogP contribution in [0.15, 0.2) is 30.3 Å². The molecule has 1 aliphatic heterocycles. The number of nitrogens with zero attached hydrogens (tertiary/aromatic N) is 1. The maximum absolute atomic E-state index is 11.4. The summed E-state index contributed by atoms with van der Waals surface area (Å²) in [6.45, 7) is 4.50. The number of carbonyl (C=O) groups excluding carboxylic acids is 1. The molecule has 1 unspecified atom stereocenters. The molecule has 1 aromatic carbocycles. The van der Waals surface area contributed by atoms with Gasteiger partial charge in [-0.05, 0) is 31.4 Å². The van der Waals surface area contributed by atoms with Crippen LogP contribution in [0, 0.1) is 5.92 Å². The van der Waals surface area contributed by atoms with Crippen molar-refractivity contribution in [3.05, 3.63) is 30.3 Å². The summed E-state index contributed by atoms with van der Waals surface area (Å²) in [6, 6.07) is 9.98. The van der Waals surface area contributed by atoms with Gasteiger partial charge in [0.15, 0.2) is 0 Å². The van der Waals surface area contributed by atoms with Gasteiger partial charge in [-0.2, -0.15) is 0 Å². The van der Waals surface area contributed by atoms with Crippen LogP contribution in [0.1, 0.15) is 13.3 Å². The van der Waals surface area contributed by atoms with Crippen molar-refractivity contribution in [3.8, 4) is 0 Å². The first kappa shape index (κ1) is 19.0. The molecule has 0 spiro atoms. The number of anilines is 1. The van der Waals surface area contributed by atoms with Crippen LogP contribution in [0.25, 0.3) is 0 Å². The van der Waals surface area contributed by atoms with E-state index in [9.17, 15) is 4.79 Å². The zero-order valence-corrected chi connectivity index (χ0v) is 13.3. The normalized spacial score (nSPS) is 18.7. The van der Waals surface area contributed by atoms with E-state index in [1.165, 1.54) is 5.69 Å². The SMILES string of the molecule is C[C@@H](N)C(=O)NCC1CCN(c2ccccc2)C1.Cl.Cl. The molecule has 1 amide bonds. The van der Waals surface area contributed by atoms with Gasteiger partial charge in [0.1, 0.15) is 0 Å². The van der Waals surface area contributed by atoms with Gasteiger partial charge >= 0.3 is 0 Å². The van der Waals surface area contributed by atoms with Crippen LogP contribution >= 0.6 is 24.8 Å². The Hall–Kier alpha value is -0.970. The summed E-state index contributed by atoms with van der Waals surface area (Å²) in [4.78, 5) is 13.8. The fraction of sp³-hybridized carbons (Fsp3) is 0.500. The Bertz CT molecular complexity index is 401. The Morgan fingerprint density at radius 2 is 2.05 bits per heavy atom. The number of rotatable bonds is 4. The van der Waals surface area contributed by atoms with Gasteiger partial charge in [0.2, 0.25) is 5.91 Å². The average Bonchev–Trinajstić information content (AvgIpc) is 2.85. The highest BCUT2D eigenvalue weighted by atomic mass is 35.5. The molecule has 20 heavy (non-hydrogen) atoms. The Kier molecular flexibility index (Phi) is 8.62. The Morgan fingerprint density at radius 1 is 1.40 bits per heavy atom. The first-order valence-corrected chi connectivity index (χ1v) is 6.50. The van der Waals surface area contributed by atoms with Gasteiger partial charge in [0.05, 0.1) is 6.04 Å². The van der Waals surface area contributed by atoms with E-state index in [4.69, 9.17) is 5.73 Å². The van der Waals surface area contributed by atoms with Crippen molar-refractivity contribution in [2.24, 2.45) is 11.7 Å². The highest BCUT2D eigenvalue weighted by molar-refractivity contribution is 5.85. The van der Waals surface area contributed by atoms with Crippen molar-refractivity contribution in [1.82, 2.24) is 5.32 Å². The minimum absolute atomic E-state index is 0. The van der Waals surface area contributed by atoms with Gasteiger partial charge < -0.3 is 16.0 Å². The molecule has 3 N–H and O–H groups in total. The number of nitrogens with one attached hydrogen (secondary N) is 1. The van der Waals surface area contributed by atoms with Gasteiger partial charge in [0, 0.05) is 25.3 Å². The van der Waals surface area contributed by atoms with E-state index < -0.39 is 6.04 Å². The Morgan fingerprint density at radius 3 is 2.65 bits per heavy atom. The minimum atomic E-state index is -0.420. The average molecular weight is 320 g/mol. The molecule has 1 heterocycles. The smallest absolute Gasteiger partial charge is 0.236 e. The van der Waals surface area contributed by atoms with E-state index in [1.54, 1.807) is 6.92 Å². The molecule has 0 bridgehead atoms. The van der Waals surface area contributed by atoms with Crippen molar-refractivity contribution in [2.75, 3.05) is 24.5 Å². The zero-order valence-electron chi connectivity index (χ0n) is 11.6. The molecule has 1 aromatic rings. The molecule has 4 nitrogen and oxygen atoms in total. The summed E-state index contributed by atoms with van der Waals surface area (Å²) >= 11 is 0. The maximum atomic E-state index is 11.4. The fourth-order valence-corrected chi connectivity index (χ4v) is 2.28. The highest BCUT2D eigenvalue weighted by Gasteiger charge is 2.23.